The van der Waals surface area contributed by atoms with Crippen molar-refractivity contribution in [1.29, 1.82) is 0 Å². The van der Waals surface area contributed by atoms with E-state index in [1.54, 1.807) is 36.4 Å². The Morgan fingerprint density at radius 2 is 2.14 bits per heavy atom. The smallest absolute Gasteiger partial charge is 0.271 e. The Morgan fingerprint density at radius 3 is 2.95 bits per heavy atom. The monoisotopic (exact) mass is 314 g/mol. The second-order valence-electron chi connectivity index (χ2n) is 4.46. The van der Waals surface area contributed by atoms with E-state index in [2.05, 4.69) is 15.5 Å². The topological polar surface area (TPSA) is 80.4 Å². The standard InChI is InChI=1S/C15H11FN4OS/c16-11-4-2-1-3-10(11)8-18-20-14(21)9-5-6-12-13(7-9)22-15(17)19-12/h1-8H,(H2,17,19)(H,20,21)/b18-8-. The molecule has 0 aliphatic carbocycles. The summed E-state index contributed by atoms with van der Waals surface area (Å²) in [6.45, 7) is 0. The highest BCUT2D eigenvalue weighted by Crippen LogP contribution is 2.24. The molecule has 0 spiro atoms. The molecule has 7 heteroatoms. The van der Waals surface area contributed by atoms with Crippen molar-refractivity contribution < 1.29 is 9.18 Å². The number of hydrazone groups is 1. The van der Waals surface area contributed by atoms with Crippen LogP contribution in [0.4, 0.5) is 9.52 Å². The van der Waals surface area contributed by atoms with E-state index in [-0.39, 0.29) is 5.91 Å². The van der Waals surface area contributed by atoms with Gasteiger partial charge in [0.05, 0.1) is 16.4 Å². The number of hydrogen-bond donors (Lipinski definition) is 2. The third-order valence-corrected chi connectivity index (χ3v) is 3.79. The number of carbonyl (C=O) groups excluding carboxylic acids is 1. The number of carbonyl (C=O) groups is 1. The fourth-order valence-electron chi connectivity index (χ4n) is 1.89. The number of rotatable bonds is 3. The lowest BCUT2D eigenvalue weighted by Crippen LogP contribution is -2.17. The number of halogens is 1. The number of thiazole rings is 1. The molecule has 2 aromatic carbocycles. The van der Waals surface area contributed by atoms with Gasteiger partial charge >= 0.3 is 0 Å². The van der Waals surface area contributed by atoms with Crippen LogP contribution in [0.2, 0.25) is 0 Å². The van der Waals surface area contributed by atoms with Crippen LogP contribution in [0.3, 0.4) is 0 Å². The van der Waals surface area contributed by atoms with Crippen LogP contribution in [0.5, 0.6) is 0 Å². The van der Waals surface area contributed by atoms with Crippen LogP contribution in [0.1, 0.15) is 15.9 Å². The Bertz CT molecular complexity index is 875. The molecule has 1 amide bonds. The van der Waals surface area contributed by atoms with E-state index in [1.807, 2.05) is 0 Å². The van der Waals surface area contributed by atoms with Crippen molar-refractivity contribution in [3.8, 4) is 0 Å². The molecular formula is C15H11FN4OS. The van der Waals surface area contributed by atoms with Crippen molar-refractivity contribution in [2.24, 2.45) is 5.10 Å². The highest BCUT2D eigenvalue weighted by atomic mass is 32.1. The van der Waals surface area contributed by atoms with E-state index in [4.69, 9.17) is 5.73 Å². The third kappa shape index (κ3) is 2.94. The number of nitrogens with one attached hydrogen (secondary N) is 1. The van der Waals surface area contributed by atoms with E-state index in [9.17, 15) is 9.18 Å². The second kappa shape index (κ2) is 5.90. The molecular weight excluding hydrogens is 303 g/mol. The lowest BCUT2D eigenvalue weighted by molar-refractivity contribution is 0.0955. The second-order valence-corrected chi connectivity index (χ2v) is 5.52. The zero-order valence-corrected chi connectivity index (χ0v) is 12.1. The van der Waals surface area contributed by atoms with Crippen LogP contribution >= 0.6 is 11.3 Å². The SMILES string of the molecule is Nc1nc2ccc(C(=O)N/N=C\c3ccccc3F)cc2s1. The molecule has 0 bridgehead atoms. The van der Waals surface area contributed by atoms with Gasteiger partial charge in [-0.05, 0) is 24.3 Å². The maximum atomic E-state index is 13.4. The van der Waals surface area contributed by atoms with Gasteiger partial charge in [0.15, 0.2) is 5.13 Å². The van der Waals surface area contributed by atoms with Crippen molar-refractivity contribution in [2.75, 3.05) is 5.73 Å². The summed E-state index contributed by atoms with van der Waals surface area (Å²) < 4.78 is 14.2. The number of anilines is 1. The third-order valence-electron chi connectivity index (χ3n) is 2.94. The quantitative estimate of drug-likeness (QED) is 0.576. The highest BCUT2D eigenvalue weighted by molar-refractivity contribution is 7.22. The van der Waals surface area contributed by atoms with E-state index in [0.717, 1.165) is 10.2 Å². The summed E-state index contributed by atoms with van der Waals surface area (Å²) in [5.41, 5.74) is 9.46. The number of aromatic nitrogens is 1. The van der Waals surface area contributed by atoms with Crippen LogP contribution in [-0.2, 0) is 0 Å². The Kier molecular flexibility index (Phi) is 3.80. The summed E-state index contributed by atoms with van der Waals surface area (Å²) in [6.07, 6.45) is 1.26. The lowest BCUT2D eigenvalue weighted by atomic mass is 10.2. The average molecular weight is 314 g/mol. The van der Waals surface area contributed by atoms with Gasteiger partial charge in [-0.15, -0.1) is 0 Å². The predicted octanol–water partition coefficient (Wildman–Crippen LogP) is 2.78. The highest BCUT2D eigenvalue weighted by Gasteiger charge is 2.08. The van der Waals surface area contributed by atoms with Crippen molar-refractivity contribution >= 4 is 38.8 Å². The number of hydrogen-bond acceptors (Lipinski definition) is 5. The summed E-state index contributed by atoms with van der Waals surface area (Å²) in [5, 5.41) is 4.21. The van der Waals surface area contributed by atoms with Crippen LogP contribution in [-0.4, -0.2) is 17.1 Å². The van der Waals surface area contributed by atoms with Gasteiger partial charge < -0.3 is 5.73 Å². The summed E-state index contributed by atoms with van der Waals surface area (Å²) in [5.74, 6) is -0.788. The molecule has 22 heavy (non-hydrogen) atoms. The number of amides is 1. The van der Waals surface area contributed by atoms with E-state index in [1.165, 1.54) is 23.6 Å². The van der Waals surface area contributed by atoms with Gasteiger partial charge in [0.1, 0.15) is 5.82 Å². The normalized spacial score (nSPS) is 11.1. The van der Waals surface area contributed by atoms with Crippen LogP contribution < -0.4 is 11.2 Å². The van der Waals surface area contributed by atoms with Crippen molar-refractivity contribution in [2.45, 2.75) is 0 Å². The van der Waals surface area contributed by atoms with E-state index in [0.29, 0.717) is 16.3 Å². The average Bonchev–Trinajstić information content (AvgIpc) is 2.88. The molecule has 1 aromatic heterocycles. The van der Waals surface area contributed by atoms with Crippen molar-refractivity contribution in [1.82, 2.24) is 10.4 Å². The number of benzene rings is 2. The molecule has 0 saturated heterocycles. The first kappa shape index (κ1) is 14.2. The molecule has 0 aliphatic heterocycles. The molecule has 0 unspecified atom stereocenters. The Labute approximate surface area is 129 Å². The minimum atomic E-state index is -0.401. The predicted molar refractivity (Wildman–Crippen MR) is 85.5 cm³/mol. The zero-order chi connectivity index (χ0) is 15.5. The minimum Gasteiger partial charge on any atom is -0.375 e. The van der Waals surface area contributed by atoms with E-state index < -0.39 is 5.82 Å². The van der Waals surface area contributed by atoms with Gasteiger partial charge in [-0.2, -0.15) is 5.10 Å². The Balaban J connectivity index is 1.74. The van der Waals surface area contributed by atoms with Gasteiger partial charge in [-0.25, -0.2) is 14.8 Å². The maximum Gasteiger partial charge on any atom is 0.271 e. The fraction of sp³-hybridized carbons (Fsp3) is 0. The molecule has 3 rings (SSSR count). The lowest BCUT2D eigenvalue weighted by Gasteiger charge is -2.00. The molecule has 0 radical (unpaired) electrons. The number of fused-ring (bicyclic) bond motifs is 1. The van der Waals surface area contributed by atoms with E-state index >= 15 is 0 Å². The summed E-state index contributed by atoms with van der Waals surface area (Å²) in [4.78, 5) is 16.1. The minimum absolute atomic E-state index is 0.300. The Hall–Kier alpha value is -2.80. The first-order chi connectivity index (χ1) is 10.6. The van der Waals surface area contributed by atoms with Gasteiger partial charge in [0, 0.05) is 11.1 Å². The van der Waals surface area contributed by atoms with Crippen LogP contribution in [0, 0.1) is 5.82 Å². The van der Waals surface area contributed by atoms with Gasteiger partial charge in [-0.3, -0.25) is 4.79 Å². The number of nitrogens with zero attached hydrogens (tertiary/aromatic N) is 2. The van der Waals surface area contributed by atoms with Crippen molar-refractivity contribution in [3.05, 3.63) is 59.4 Å². The molecule has 3 aromatic rings. The zero-order valence-electron chi connectivity index (χ0n) is 11.3. The van der Waals surface area contributed by atoms with Gasteiger partial charge in [0.2, 0.25) is 0 Å². The first-order valence-electron chi connectivity index (χ1n) is 6.37. The first-order valence-corrected chi connectivity index (χ1v) is 7.19. The van der Waals surface area contributed by atoms with Crippen LogP contribution in [0.15, 0.2) is 47.6 Å². The van der Waals surface area contributed by atoms with Gasteiger partial charge in [-0.1, -0.05) is 29.5 Å². The molecule has 110 valence electrons. The van der Waals surface area contributed by atoms with Crippen LogP contribution in [0.25, 0.3) is 10.2 Å². The molecule has 3 N–H and O–H groups in total. The number of nitrogen functional groups attached to an aromatic ring is 1. The maximum absolute atomic E-state index is 13.4. The molecule has 1 heterocycles. The summed E-state index contributed by atoms with van der Waals surface area (Å²) >= 11 is 1.31. The summed E-state index contributed by atoms with van der Waals surface area (Å²) in [6, 6.07) is 11.2. The largest absolute Gasteiger partial charge is 0.375 e. The fourth-order valence-corrected chi connectivity index (χ4v) is 2.66. The summed E-state index contributed by atoms with van der Waals surface area (Å²) in [7, 11) is 0. The molecule has 0 fully saturated rings. The molecule has 5 nitrogen and oxygen atoms in total. The van der Waals surface area contributed by atoms with Crippen molar-refractivity contribution in [3.63, 3.8) is 0 Å². The van der Waals surface area contributed by atoms with Gasteiger partial charge in [0.25, 0.3) is 5.91 Å². The number of nitrogens with two attached hydrogens (primary N) is 1. The molecule has 0 saturated carbocycles. The molecule has 0 aliphatic rings. The Morgan fingerprint density at radius 1 is 1.32 bits per heavy atom. The molecule has 0 atom stereocenters.